The van der Waals surface area contributed by atoms with Gasteiger partial charge in [-0.15, -0.1) is 11.3 Å². The van der Waals surface area contributed by atoms with Gasteiger partial charge in [0.15, 0.2) is 0 Å². The Morgan fingerprint density at radius 1 is 1.69 bits per heavy atom. The SMILES string of the molecule is CC(C)c1nc(CN(C)C=O)cs1. The topological polar surface area (TPSA) is 33.2 Å². The van der Waals surface area contributed by atoms with Crippen LogP contribution in [-0.4, -0.2) is 23.3 Å². The molecule has 1 aromatic heterocycles. The minimum Gasteiger partial charge on any atom is -0.342 e. The first-order valence-corrected chi connectivity index (χ1v) is 5.11. The van der Waals surface area contributed by atoms with E-state index < -0.39 is 0 Å². The van der Waals surface area contributed by atoms with Crippen LogP contribution >= 0.6 is 11.3 Å². The highest BCUT2D eigenvalue weighted by Crippen LogP contribution is 2.19. The maximum Gasteiger partial charge on any atom is 0.209 e. The van der Waals surface area contributed by atoms with Crippen LogP contribution in [0, 0.1) is 0 Å². The molecule has 0 bridgehead atoms. The predicted molar refractivity (Wildman–Crippen MR) is 53.7 cm³/mol. The number of carbonyl (C=O) groups is 1. The maximum absolute atomic E-state index is 10.4. The molecule has 1 amide bonds. The summed E-state index contributed by atoms with van der Waals surface area (Å²) in [5, 5.41) is 3.14. The van der Waals surface area contributed by atoms with Crippen LogP contribution in [0.2, 0.25) is 0 Å². The number of nitrogens with zero attached hydrogens (tertiary/aromatic N) is 2. The lowest BCUT2D eigenvalue weighted by Crippen LogP contribution is -2.15. The van der Waals surface area contributed by atoms with Gasteiger partial charge in [-0.3, -0.25) is 4.79 Å². The summed E-state index contributed by atoms with van der Waals surface area (Å²) in [6.07, 6.45) is 0.814. The molecule has 0 aromatic carbocycles. The standard InChI is InChI=1S/C9H14N2OS/c1-7(2)9-10-8(5-13-9)4-11(3)6-12/h5-7H,4H2,1-3H3. The van der Waals surface area contributed by atoms with E-state index in [1.807, 2.05) is 5.38 Å². The Morgan fingerprint density at radius 2 is 2.38 bits per heavy atom. The van der Waals surface area contributed by atoms with Crippen LogP contribution in [0.4, 0.5) is 0 Å². The van der Waals surface area contributed by atoms with E-state index in [1.54, 1.807) is 23.3 Å². The number of rotatable bonds is 4. The van der Waals surface area contributed by atoms with Crippen molar-refractivity contribution in [3.8, 4) is 0 Å². The van der Waals surface area contributed by atoms with Gasteiger partial charge in [0.1, 0.15) is 0 Å². The second kappa shape index (κ2) is 4.37. The van der Waals surface area contributed by atoms with Gasteiger partial charge in [0.05, 0.1) is 17.2 Å². The summed E-state index contributed by atoms with van der Waals surface area (Å²) >= 11 is 1.66. The van der Waals surface area contributed by atoms with Crippen molar-refractivity contribution in [1.82, 2.24) is 9.88 Å². The van der Waals surface area contributed by atoms with Crippen molar-refractivity contribution in [2.24, 2.45) is 0 Å². The highest BCUT2D eigenvalue weighted by atomic mass is 32.1. The zero-order valence-electron chi connectivity index (χ0n) is 8.15. The van der Waals surface area contributed by atoms with E-state index in [9.17, 15) is 4.79 Å². The molecule has 0 aliphatic carbocycles. The third-order valence-corrected chi connectivity index (χ3v) is 2.85. The lowest BCUT2D eigenvalue weighted by molar-refractivity contribution is -0.117. The first kappa shape index (κ1) is 10.2. The molecule has 0 fully saturated rings. The third kappa shape index (κ3) is 2.81. The van der Waals surface area contributed by atoms with E-state index in [4.69, 9.17) is 0 Å². The van der Waals surface area contributed by atoms with E-state index >= 15 is 0 Å². The molecular weight excluding hydrogens is 184 g/mol. The van der Waals surface area contributed by atoms with Gasteiger partial charge in [-0.1, -0.05) is 13.8 Å². The van der Waals surface area contributed by atoms with Gasteiger partial charge in [-0.05, 0) is 0 Å². The van der Waals surface area contributed by atoms with Crippen LogP contribution in [0.3, 0.4) is 0 Å². The Bertz CT molecular complexity index is 283. The van der Waals surface area contributed by atoms with Gasteiger partial charge in [-0.25, -0.2) is 4.98 Å². The molecule has 3 nitrogen and oxygen atoms in total. The smallest absolute Gasteiger partial charge is 0.209 e. The number of amides is 1. The molecule has 0 atom stereocenters. The van der Waals surface area contributed by atoms with E-state index in [0.29, 0.717) is 12.5 Å². The minimum absolute atomic E-state index is 0.472. The van der Waals surface area contributed by atoms with E-state index in [0.717, 1.165) is 17.1 Å². The van der Waals surface area contributed by atoms with E-state index in [2.05, 4.69) is 18.8 Å². The molecule has 4 heteroatoms. The van der Waals surface area contributed by atoms with Crippen molar-refractivity contribution >= 4 is 17.7 Å². The quantitative estimate of drug-likeness (QED) is 0.692. The lowest BCUT2D eigenvalue weighted by Gasteiger charge is -2.06. The van der Waals surface area contributed by atoms with Crippen LogP contribution in [0.25, 0.3) is 0 Å². The monoisotopic (exact) mass is 198 g/mol. The van der Waals surface area contributed by atoms with Crippen LogP contribution in [0.1, 0.15) is 30.5 Å². The summed E-state index contributed by atoms with van der Waals surface area (Å²) < 4.78 is 0. The summed E-state index contributed by atoms with van der Waals surface area (Å²) in [5.74, 6) is 0.472. The molecule has 1 rings (SSSR count). The van der Waals surface area contributed by atoms with E-state index in [1.165, 1.54) is 0 Å². The fourth-order valence-electron chi connectivity index (χ4n) is 0.953. The fourth-order valence-corrected chi connectivity index (χ4v) is 1.78. The van der Waals surface area contributed by atoms with Gasteiger partial charge in [0.25, 0.3) is 0 Å². The minimum atomic E-state index is 0.472. The number of hydrogen-bond donors (Lipinski definition) is 0. The van der Waals surface area contributed by atoms with Crippen LogP contribution in [0.15, 0.2) is 5.38 Å². The van der Waals surface area contributed by atoms with Gasteiger partial charge >= 0.3 is 0 Å². The number of aromatic nitrogens is 1. The summed E-state index contributed by atoms with van der Waals surface area (Å²) in [6.45, 7) is 4.84. The van der Waals surface area contributed by atoms with Crippen molar-refractivity contribution in [2.75, 3.05) is 7.05 Å². The average Bonchev–Trinajstić information content (AvgIpc) is 2.52. The average molecular weight is 198 g/mol. The third-order valence-electron chi connectivity index (χ3n) is 1.65. The highest BCUT2D eigenvalue weighted by Gasteiger charge is 2.06. The van der Waals surface area contributed by atoms with Gasteiger partial charge < -0.3 is 4.90 Å². The molecule has 0 saturated carbocycles. The number of carbonyl (C=O) groups excluding carboxylic acids is 1. The summed E-state index contributed by atoms with van der Waals surface area (Å²) in [4.78, 5) is 16.3. The van der Waals surface area contributed by atoms with Crippen molar-refractivity contribution in [1.29, 1.82) is 0 Å². The molecule has 0 aliphatic heterocycles. The second-order valence-corrected chi connectivity index (χ2v) is 4.24. The molecule has 13 heavy (non-hydrogen) atoms. The molecule has 0 saturated heterocycles. The van der Waals surface area contributed by atoms with Gasteiger partial charge in [-0.2, -0.15) is 0 Å². The molecule has 0 N–H and O–H groups in total. The summed E-state index contributed by atoms with van der Waals surface area (Å²) in [7, 11) is 1.75. The van der Waals surface area contributed by atoms with Crippen LogP contribution in [-0.2, 0) is 11.3 Å². The molecule has 1 aromatic rings. The number of thiazole rings is 1. The van der Waals surface area contributed by atoms with Crippen molar-refractivity contribution in [2.45, 2.75) is 26.3 Å². The molecule has 0 radical (unpaired) electrons. The zero-order valence-corrected chi connectivity index (χ0v) is 8.97. The molecule has 0 spiro atoms. The largest absolute Gasteiger partial charge is 0.342 e. The molecular formula is C9H14N2OS. The zero-order chi connectivity index (χ0) is 9.84. The van der Waals surface area contributed by atoms with Crippen molar-refractivity contribution in [3.05, 3.63) is 16.1 Å². The Kier molecular flexibility index (Phi) is 3.42. The van der Waals surface area contributed by atoms with Gasteiger partial charge in [0.2, 0.25) is 6.41 Å². The lowest BCUT2D eigenvalue weighted by atomic mass is 10.2. The normalized spacial score (nSPS) is 10.5. The molecule has 72 valence electrons. The second-order valence-electron chi connectivity index (χ2n) is 3.35. The molecule has 1 heterocycles. The van der Waals surface area contributed by atoms with Gasteiger partial charge in [0, 0.05) is 18.3 Å². The Balaban J connectivity index is 2.63. The van der Waals surface area contributed by atoms with E-state index in [-0.39, 0.29) is 0 Å². The number of hydrogen-bond acceptors (Lipinski definition) is 3. The first-order valence-electron chi connectivity index (χ1n) is 4.23. The first-order chi connectivity index (χ1) is 6.13. The fraction of sp³-hybridized carbons (Fsp3) is 0.556. The predicted octanol–water partition coefficient (Wildman–Crippen LogP) is 1.85. The summed E-state index contributed by atoms with van der Waals surface area (Å²) in [6, 6.07) is 0. The Morgan fingerprint density at radius 3 is 2.85 bits per heavy atom. The highest BCUT2D eigenvalue weighted by molar-refractivity contribution is 7.09. The van der Waals surface area contributed by atoms with Crippen molar-refractivity contribution < 1.29 is 4.79 Å². The van der Waals surface area contributed by atoms with Crippen molar-refractivity contribution in [3.63, 3.8) is 0 Å². The Labute approximate surface area is 82.4 Å². The molecule has 0 aliphatic rings. The maximum atomic E-state index is 10.4. The Hall–Kier alpha value is -0.900. The summed E-state index contributed by atoms with van der Waals surface area (Å²) in [5.41, 5.74) is 0.975. The van der Waals surface area contributed by atoms with Crippen LogP contribution < -0.4 is 0 Å². The molecule has 0 unspecified atom stereocenters. The van der Waals surface area contributed by atoms with Crippen LogP contribution in [0.5, 0.6) is 0 Å².